The molecule has 3 fully saturated rings. The normalized spacial score (nSPS) is 23.6. The first-order chi connectivity index (χ1) is 17.3. The lowest BCUT2D eigenvalue weighted by atomic mass is 9.93. The van der Waals surface area contributed by atoms with Crippen LogP contribution in [0, 0.1) is 17.7 Å². The Hall–Kier alpha value is -3.13. The lowest BCUT2D eigenvalue weighted by molar-refractivity contribution is -0.135. The van der Waals surface area contributed by atoms with E-state index >= 15 is 0 Å². The highest BCUT2D eigenvalue weighted by Crippen LogP contribution is 2.36. The largest absolute Gasteiger partial charge is 0.415 e. The molecule has 5 rings (SSSR count). The van der Waals surface area contributed by atoms with E-state index in [4.69, 9.17) is 16.3 Å². The minimum atomic E-state index is -0.582. The third kappa shape index (κ3) is 5.19. The number of likely N-dealkylation sites (N-methyl/N-ethyl adjacent to an activating group) is 1. The number of carbonyl (C=O) groups excluding carboxylic acids is 3. The number of rotatable bonds is 5. The van der Waals surface area contributed by atoms with Crippen molar-refractivity contribution in [2.75, 3.05) is 33.2 Å². The SMILES string of the molecule is CN(C(=O)Oc1ccc(F)cc1)[C@@H]1CN(C(=O)C2CCN(C(=O)C3CC3)C2)CC1c1ccc(Cl)cc1. The number of benzene rings is 2. The second-order valence-corrected chi connectivity index (χ2v) is 10.4. The Morgan fingerprint density at radius 3 is 2.22 bits per heavy atom. The van der Waals surface area contributed by atoms with E-state index in [0.29, 0.717) is 37.6 Å². The molecule has 9 heteroatoms. The molecular formula is C27H29ClFN3O4. The third-order valence-corrected chi connectivity index (χ3v) is 7.73. The van der Waals surface area contributed by atoms with Gasteiger partial charge in [0.2, 0.25) is 11.8 Å². The van der Waals surface area contributed by atoms with Crippen molar-refractivity contribution < 1.29 is 23.5 Å². The maximum atomic E-state index is 13.5. The number of hydrogen-bond donors (Lipinski definition) is 0. The zero-order valence-corrected chi connectivity index (χ0v) is 20.9. The van der Waals surface area contributed by atoms with Crippen molar-refractivity contribution in [1.82, 2.24) is 14.7 Å². The molecule has 1 aliphatic carbocycles. The number of halogens is 2. The molecule has 2 saturated heterocycles. The van der Waals surface area contributed by atoms with Gasteiger partial charge in [0.05, 0.1) is 12.0 Å². The molecule has 2 aromatic carbocycles. The van der Waals surface area contributed by atoms with E-state index < -0.39 is 11.9 Å². The lowest BCUT2D eigenvalue weighted by Crippen LogP contribution is -2.44. The van der Waals surface area contributed by atoms with Crippen LogP contribution in [-0.2, 0) is 9.59 Å². The molecule has 2 aliphatic heterocycles. The summed E-state index contributed by atoms with van der Waals surface area (Å²) in [6.07, 6.45) is 1.98. The highest BCUT2D eigenvalue weighted by atomic mass is 35.5. The summed E-state index contributed by atoms with van der Waals surface area (Å²) in [4.78, 5) is 44.1. The minimum Gasteiger partial charge on any atom is -0.410 e. The molecule has 0 bridgehead atoms. The van der Waals surface area contributed by atoms with Gasteiger partial charge in [-0.25, -0.2) is 9.18 Å². The molecule has 2 aromatic rings. The summed E-state index contributed by atoms with van der Waals surface area (Å²) in [5.41, 5.74) is 0.970. The van der Waals surface area contributed by atoms with Crippen LogP contribution in [0.15, 0.2) is 48.5 Å². The summed E-state index contributed by atoms with van der Waals surface area (Å²) >= 11 is 6.09. The first kappa shape index (κ1) is 24.6. The van der Waals surface area contributed by atoms with Gasteiger partial charge in [0.15, 0.2) is 0 Å². The number of hydrogen-bond acceptors (Lipinski definition) is 4. The molecule has 0 aromatic heterocycles. The van der Waals surface area contributed by atoms with E-state index in [2.05, 4.69) is 0 Å². The van der Waals surface area contributed by atoms with E-state index in [0.717, 1.165) is 18.4 Å². The van der Waals surface area contributed by atoms with Gasteiger partial charge in [-0.2, -0.15) is 0 Å². The summed E-state index contributed by atoms with van der Waals surface area (Å²) in [7, 11) is 1.65. The van der Waals surface area contributed by atoms with Crippen LogP contribution < -0.4 is 4.74 Å². The number of nitrogens with zero attached hydrogens (tertiary/aromatic N) is 3. The monoisotopic (exact) mass is 513 g/mol. The van der Waals surface area contributed by atoms with Gasteiger partial charge in [-0.3, -0.25) is 9.59 Å². The molecule has 1 saturated carbocycles. The quantitative estimate of drug-likeness (QED) is 0.602. The standard InChI is InChI=1S/C27H29ClFN3O4/c1-30(27(35)36-22-10-8-21(29)9-11-22)24-16-32(15-23(24)17-4-6-20(28)7-5-17)26(34)19-12-13-31(14-19)25(33)18-2-3-18/h4-11,18-19,23-24H,2-3,12-16H2,1H3/t19?,23?,24-/m1/s1. The molecule has 190 valence electrons. The van der Waals surface area contributed by atoms with Crippen molar-refractivity contribution in [3.63, 3.8) is 0 Å². The highest BCUT2D eigenvalue weighted by Gasteiger charge is 2.44. The van der Waals surface area contributed by atoms with Gasteiger partial charge >= 0.3 is 6.09 Å². The fraction of sp³-hybridized carbons (Fsp3) is 0.444. The Morgan fingerprint density at radius 2 is 1.56 bits per heavy atom. The van der Waals surface area contributed by atoms with Crippen LogP contribution in [0.4, 0.5) is 9.18 Å². The molecule has 3 atom stereocenters. The van der Waals surface area contributed by atoms with Crippen LogP contribution in [0.5, 0.6) is 5.75 Å². The molecule has 0 spiro atoms. The van der Waals surface area contributed by atoms with Crippen molar-refractivity contribution in [2.45, 2.75) is 31.2 Å². The number of amides is 3. The van der Waals surface area contributed by atoms with Crippen molar-refractivity contribution in [3.05, 3.63) is 64.9 Å². The van der Waals surface area contributed by atoms with Crippen LogP contribution >= 0.6 is 11.6 Å². The number of carbonyl (C=O) groups is 3. The Bertz CT molecular complexity index is 1140. The van der Waals surface area contributed by atoms with E-state index in [1.54, 1.807) is 24.1 Å². The van der Waals surface area contributed by atoms with Crippen molar-refractivity contribution >= 4 is 29.5 Å². The first-order valence-electron chi connectivity index (χ1n) is 12.3. The Balaban J connectivity index is 1.31. The molecular weight excluding hydrogens is 485 g/mol. The topological polar surface area (TPSA) is 70.2 Å². The lowest BCUT2D eigenvalue weighted by Gasteiger charge is -2.28. The van der Waals surface area contributed by atoms with E-state index in [-0.39, 0.29) is 41.4 Å². The second-order valence-electron chi connectivity index (χ2n) is 9.95. The Labute approximate surface area is 214 Å². The van der Waals surface area contributed by atoms with Crippen LogP contribution in [-0.4, -0.2) is 71.9 Å². The van der Waals surface area contributed by atoms with Crippen LogP contribution in [0.2, 0.25) is 5.02 Å². The van der Waals surface area contributed by atoms with Crippen LogP contribution in [0.3, 0.4) is 0 Å². The van der Waals surface area contributed by atoms with Gasteiger partial charge in [-0.05, 0) is 61.2 Å². The molecule has 2 heterocycles. The fourth-order valence-electron chi connectivity index (χ4n) is 5.22. The molecule has 2 unspecified atom stereocenters. The minimum absolute atomic E-state index is 0.0165. The summed E-state index contributed by atoms with van der Waals surface area (Å²) < 4.78 is 18.7. The van der Waals surface area contributed by atoms with Gasteiger partial charge < -0.3 is 19.4 Å². The fourth-order valence-corrected chi connectivity index (χ4v) is 5.34. The van der Waals surface area contributed by atoms with Gasteiger partial charge in [0.1, 0.15) is 11.6 Å². The maximum Gasteiger partial charge on any atom is 0.415 e. The Morgan fingerprint density at radius 1 is 0.889 bits per heavy atom. The first-order valence-corrected chi connectivity index (χ1v) is 12.7. The summed E-state index contributed by atoms with van der Waals surface area (Å²) in [5, 5.41) is 0.608. The summed E-state index contributed by atoms with van der Waals surface area (Å²) in [6.45, 7) is 1.89. The Kier molecular flexibility index (Phi) is 6.88. The molecule has 0 radical (unpaired) electrons. The average molecular weight is 514 g/mol. The smallest absolute Gasteiger partial charge is 0.410 e. The van der Waals surface area contributed by atoms with Gasteiger partial charge in [0, 0.05) is 50.1 Å². The number of likely N-dealkylation sites (tertiary alicyclic amines) is 2. The van der Waals surface area contributed by atoms with Crippen LogP contribution in [0.1, 0.15) is 30.7 Å². The predicted octanol–water partition coefficient (Wildman–Crippen LogP) is 4.16. The van der Waals surface area contributed by atoms with Gasteiger partial charge in [-0.15, -0.1) is 0 Å². The average Bonchev–Trinajstić information content (AvgIpc) is 3.44. The molecule has 7 nitrogen and oxygen atoms in total. The molecule has 3 amide bonds. The third-order valence-electron chi connectivity index (χ3n) is 7.48. The van der Waals surface area contributed by atoms with E-state index in [1.807, 2.05) is 17.0 Å². The summed E-state index contributed by atoms with van der Waals surface area (Å²) in [6, 6.07) is 12.4. The van der Waals surface area contributed by atoms with Crippen molar-refractivity contribution in [3.8, 4) is 5.75 Å². The highest BCUT2D eigenvalue weighted by molar-refractivity contribution is 6.30. The van der Waals surface area contributed by atoms with Crippen molar-refractivity contribution in [1.29, 1.82) is 0 Å². The maximum absolute atomic E-state index is 13.5. The number of ether oxygens (including phenoxy) is 1. The molecule has 0 N–H and O–H groups in total. The summed E-state index contributed by atoms with van der Waals surface area (Å²) in [5.74, 6) is -0.204. The zero-order chi connectivity index (χ0) is 25.4. The zero-order valence-electron chi connectivity index (χ0n) is 20.1. The van der Waals surface area contributed by atoms with Crippen LogP contribution in [0.25, 0.3) is 0 Å². The second kappa shape index (κ2) is 10.1. The van der Waals surface area contributed by atoms with E-state index in [1.165, 1.54) is 29.2 Å². The molecule has 36 heavy (non-hydrogen) atoms. The van der Waals surface area contributed by atoms with E-state index in [9.17, 15) is 18.8 Å². The van der Waals surface area contributed by atoms with Gasteiger partial charge in [-0.1, -0.05) is 23.7 Å². The van der Waals surface area contributed by atoms with Gasteiger partial charge in [0.25, 0.3) is 0 Å². The predicted molar refractivity (Wildman–Crippen MR) is 132 cm³/mol. The molecule has 3 aliphatic rings. The van der Waals surface area contributed by atoms with Crippen molar-refractivity contribution in [2.24, 2.45) is 11.8 Å².